The summed E-state index contributed by atoms with van der Waals surface area (Å²) in [6.45, 7) is 0.567. The van der Waals surface area contributed by atoms with E-state index in [1.54, 1.807) is 4.90 Å². The normalized spacial score (nSPS) is 19.0. The van der Waals surface area contributed by atoms with Gasteiger partial charge >= 0.3 is 0 Å². The van der Waals surface area contributed by atoms with Crippen molar-refractivity contribution in [3.8, 4) is 6.07 Å². The van der Waals surface area contributed by atoms with Crippen LogP contribution in [0.2, 0.25) is 5.02 Å². The van der Waals surface area contributed by atoms with Crippen molar-refractivity contribution in [2.75, 3.05) is 6.54 Å². The average Bonchev–Trinajstić information content (AvgIpc) is 2.42. The molecule has 0 spiro atoms. The standard InChI is InChI=1S/C14H14ClFN2O/c15-10-4-5-13(16)12(9-10)14(19)18-8-2-1-3-11(18)6-7-17/h4-5,9,11H,1-3,6,8H2. The van der Waals surface area contributed by atoms with Crippen LogP contribution >= 0.6 is 11.6 Å². The first-order chi connectivity index (χ1) is 9.13. The highest BCUT2D eigenvalue weighted by Gasteiger charge is 2.28. The molecule has 0 N–H and O–H groups in total. The van der Waals surface area contributed by atoms with Gasteiger partial charge in [-0.05, 0) is 37.5 Å². The maximum absolute atomic E-state index is 13.7. The summed E-state index contributed by atoms with van der Waals surface area (Å²) in [5.74, 6) is -0.948. The Hall–Kier alpha value is -1.60. The Labute approximate surface area is 116 Å². The lowest BCUT2D eigenvalue weighted by atomic mass is 9.98. The zero-order chi connectivity index (χ0) is 13.8. The minimum atomic E-state index is -0.573. The molecule has 100 valence electrons. The number of nitriles is 1. The van der Waals surface area contributed by atoms with Crippen LogP contribution in [0.15, 0.2) is 18.2 Å². The molecular formula is C14H14ClFN2O. The summed E-state index contributed by atoms with van der Waals surface area (Å²) < 4.78 is 13.7. The summed E-state index contributed by atoms with van der Waals surface area (Å²) in [7, 11) is 0. The van der Waals surface area contributed by atoms with Crippen molar-refractivity contribution >= 4 is 17.5 Å². The van der Waals surface area contributed by atoms with Gasteiger partial charge in [-0.1, -0.05) is 11.6 Å². The summed E-state index contributed by atoms with van der Waals surface area (Å²) in [4.78, 5) is 14.0. The molecule has 1 aromatic rings. The van der Waals surface area contributed by atoms with E-state index < -0.39 is 5.82 Å². The lowest BCUT2D eigenvalue weighted by molar-refractivity contribution is 0.0614. The van der Waals surface area contributed by atoms with Crippen molar-refractivity contribution in [3.63, 3.8) is 0 Å². The maximum atomic E-state index is 13.7. The number of nitrogens with zero attached hydrogens (tertiary/aromatic N) is 2. The number of halogens is 2. The molecule has 1 aliphatic heterocycles. The van der Waals surface area contributed by atoms with Gasteiger partial charge in [0, 0.05) is 17.6 Å². The van der Waals surface area contributed by atoms with Crippen LogP contribution in [0.5, 0.6) is 0 Å². The van der Waals surface area contributed by atoms with Gasteiger partial charge in [-0.25, -0.2) is 4.39 Å². The highest BCUT2D eigenvalue weighted by atomic mass is 35.5. The van der Waals surface area contributed by atoms with Gasteiger partial charge in [-0.2, -0.15) is 5.26 Å². The summed E-state index contributed by atoms with van der Waals surface area (Å²) in [5.41, 5.74) is -0.0164. The third kappa shape index (κ3) is 3.05. The SMILES string of the molecule is N#CCC1CCCCN1C(=O)c1cc(Cl)ccc1F. The second-order valence-electron chi connectivity index (χ2n) is 4.63. The van der Waals surface area contributed by atoms with Crippen LogP contribution in [0.1, 0.15) is 36.0 Å². The summed E-state index contributed by atoms with van der Waals surface area (Å²) in [6, 6.07) is 5.92. The van der Waals surface area contributed by atoms with Crippen LogP contribution in [0.3, 0.4) is 0 Å². The van der Waals surface area contributed by atoms with Crippen molar-refractivity contribution in [2.24, 2.45) is 0 Å². The molecule has 1 saturated heterocycles. The lowest BCUT2D eigenvalue weighted by Crippen LogP contribution is -2.43. The number of hydrogen-bond donors (Lipinski definition) is 0. The Morgan fingerprint density at radius 1 is 1.53 bits per heavy atom. The number of rotatable bonds is 2. The second kappa shape index (κ2) is 6.03. The molecule has 1 heterocycles. The van der Waals surface area contributed by atoms with E-state index >= 15 is 0 Å². The first-order valence-corrected chi connectivity index (χ1v) is 6.64. The third-order valence-electron chi connectivity index (χ3n) is 3.37. The molecule has 1 fully saturated rings. The van der Waals surface area contributed by atoms with Gasteiger partial charge in [-0.15, -0.1) is 0 Å². The topological polar surface area (TPSA) is 44.1 Å². The highest BCUT2D eigenvalue weighted by molar-refractivity contribution is 6.31. The largest absolute Gasteiger partial charge is 0.335 e. The van der Waals surface area contributed by atoms with Crippen LogP contribution in [-0.4, -0.2) is 23.4 Å². The predicted molar refractivity (Wildman–Crippen MR) is 70.3 cm³/mol. The fraction of sp³-hybridized carbons (Fsp3) is 0.429. The maximum Gasteiger partial charge on any atom is 0.257 e. The fourth-order valence-corrected chi connectivity index (χ4v) is 2.57. The van der Waals surface area contributed by atoms with Crippen LogP contribution < -0.4 is 0 Å². The lowest BCUT2D eigenvalue weighted by Gasteiger charge is -2.34. The highest BCUT2D eigenvalue weighted by Crippen LogP contribution is 2.24. The van der Waals surface area contributed by atoms with E-state index in [4.69, 9.17) is 16.9 Å². The minimum Gasteiger partial charge on any atom is -0.335 e. The molecule has 0 bridgehead atoms. The van der Waals surface area contributed by atoms with Crippen LogP contribution in [-0.2, 0) is 0 Å². The van der Waals surface area contributed by atoms with Gasteiger partial charge < -0.3 is 4.90 Å². The molecule has 0 aromatic heterocycles. The third-order valence-corrected chi connectivity index (χ3v) is 3.61. The second-order valence-corrected chi connectivity index (χ2v) is 5.07. The molecular weight excluding hydrogens is 267 g/mol. The molecule has 3 nitrogen and oxygen atoms in total. The Balaban J connectivity index is 2.26. The molecule has 1 aromatic carbocycles. The van der Waals surface area contributed by atoms with Gasteiger partial charge in [0.05, 0.1) is 18.1 Å². The number of carbonyl (C=O) groups is 1. The molecule has 0 radical (unpaired) electrons. The van der Waals surface area contributed by atoms with Crippen LogP contribution in [0.25, 0.3) is 0 Å². The Morgan fingerprint density at radius 2 is 2.32 bits per heavy atom. The van der Waals surface area contributed by atoms with Gasteiger partial charge in [-0.3, -0.25) is 4.79 Å². The van der Waals surface area contributed by atoms with E-state index in [1.807, 2.05) is 0 Å². The van der Waals surface area contributed by atoms with Gasteiger partial charge in [0.2, 0.25) is 0 Å². The first-order valence-electron chi connectivity index (χ1n) is 6.26. The van der Waals surface area contributed by atoms with E-state index in [0.717, 1.165) is 19.3 Å². The van der Waals surface area contributed by atoms with Crippen LogP contribution in [0.4, 0.5) is 4.39 Å². The molecule has 1 atom stereocenters. The van der Waals surface area contributed by atoms with Crippen molar-refractivity contribution in [1.29, 1.82) is 5.26 Å². The van der Waals surface area contributed by atoms with Gasteiger partial charge in [0.25, 0.3) is 5.91 Å². The zero-order valence-electron chi connectivity index (χ0n) is 10.4. The molecule has 0 aliphatic carbocycles. The Bertz CT molecular complexity index is 527. The zero-order valence-corrected chi connectivity index (χ0v) is 11.2. The van der Waals surface area contributed by atoms with Gasteiger partial charge in [0.1, 0.15) is 5.82 Å². The number of likely N-dealkylation sites (tertiary alicyclic amines) is 1. The van der Waals surface area contributed by atoms with E-state index in [-0.39, 0.29) is 23.9 Å². The minimum absolute atomic E-state index is 0.0164. The number of hydrogen-bond acceptors (Lipinski definition) is 2. The van der Waals surface area contributed by atoms with Crippen LogP contribution in [0, 0.1) is 17.1 Å². The van der Waals surface area contributed by atoms with Crippen molar-refractivity contribution in [2.45, 2.75) is 31.7 Å². The smallest absolute Gasteiger partial charge is 0.257 e. The van der Waals surface area contributed by atoms with Crippen molar-refractivity contribution in [3.05, 3.63) is 34.6 Å². The summed E-state index contributed by atoms with van der Waals surface area (Å²) in [6.07, 6.45) is 2.96. The van der Waals surface area contributed by atoms with Crippen molar-refractivity contribution < 1.29 is 9.18 Å². The Morgan fingerprint density at radius 3 is 3.05 bits per heavy atom. The van der Waals surface area contributed by atoms with E-state index in [9.17, 15) is 9.18 Å². The molecule has 5 heteroatoms. The van der Waals surface area contributed by atoms with E-state index in [1.165, 1.54) is 18.2 Å². The van der Waals surface area contributed by atoms with Gasteiger partial charge in [0.15, 0.2) is 0 Å². The number of benzene rings is 1. The monoisotopic (exact) mass is 280 g/mol. The quantitative estimate of drug-likeness (QED) is 0.833. The van der Waals surface area contributed by atoms with E-state index in [2.05, 4.69) is 6.07 Å². The first kappa shape index (κ1) is 13.8. The molecule has 0 saturated carbocycles. The van der Waals surface area contributed by atoms with Crippen molar-refractivity contribution in [1.82, 2.24) is 4.90 Å². The number of carbonyl (C=O) groups excluding carboxylic acids is 1. The molecule has 1 amide bonds. The predicted octanol–water partition coefficient (Wildman–Crippen LogP) is 3.39. The Kier molecular flexibility index (Phi) is 4.39. The number of piperidine rings is 1. The van der Waals surface area contributed by atoms with E-state index in [0.29, 0.717) is 11.6 Å². The molecule has 2 rings (SSSR count). The molecule has 1 unspecified atom stereocenters. The average molecular weight is 281 g/mol. The summed E-state index contributed by atoms with van der Waals surface area (Å²) >= 11 is 5.81. The fourth-order valence-electron chi connectivity index (χ4n) is 2.40. The molecule has 1 aliphatic rings. The summed E-state index contributed by atoms with van der Waals surface area (Å²) in [5, 5.41) is 9.14. The molecule has 19 heavy (non-hydrogen) atoms. The number of amides is 1.